The molecule has 144 valence electrons. The van der Waals surface area contributed by atoms with E-state index in [-0.39, 0.29) is 11.8 Å². The van der Waals surface area contributed by atoms with Crippen molar-refractivity contribution in [2.24, 2.45) is 0 Å². The zero-order valence-electron chi connectivity index (χ0n) is 16.1. The Bertz CT molecular complexity index is 1140. The fourth-order valence-electron chi connectivity index (χ4n) is 3.41. The van der Waals surface area contributed by atoms with Gasteiger partial charge in [0.25, 0.3) is 0 Å². The minimum Gasteiger partial charge on any atom is -0.361 e. The third kappa shape index (κ3) is 3.28. The summed E-state index contributed by atoms with van der Waals surface area (Å²) in [6.07, 6.45) is 2.42. The molecule has 1 aromatic carbocycles. The van der Waals surface area contributed by atoms with Crippen LogP contribution in [0.3, 0.4) is 0 Å². The van der Waals surface area contributed by atoms with Crippen LogP contribution in [-0.4, -0.2) is 30.8 Å². The van der Waals surface area contributed by atoms with Gasteiger partial charge in [-0.15, -0.1) is 0 Å². The van der Waals surface area contributed by atoms with E-state index >= 15 is 0 Å². The first-order valence-electron chi connectivity index (χ1n) is 9.25. The van der Waals surface area contributed by atoms with Crippen LogP contribution in [0, 0.1) is 13.8 Å². The molecule has 0 aliphatic rings. The average molecular weight is 378 g/mol. The van der Waals surface area contributed by atoms with Crippen molar-refractivity contribution in [3.05, 3.63) is 64.7 Å². The Kier molecular flexibility index (Phi) is 4.68. The van der Waals surface area contributed by atoms with Crippen molar-refractivity contribution in [2.75, 3.05) is 0 Å². The smallest absolute Gasteiger partial charge is 0.315 e. The fourth-order valence-corrected chi connectivity index (χ4v) is 3.41. The van der Waals surface area contributed by atoms with Gasteiger partial charge in [0.05, 0.1) is 5.69 Å². The van der Waals surface area contributed by atoms with Crippen molar-refractivity contribution < 1.29 is 9.32 Å². The molecule has 0 bridgehead atoms. The van der Waals surface area contributed by atoms with Crippen molar-refractivity contribution in [1.82, 2.24) is 30.2 Å². The van der Waals surface area contributed by atoms with E-state index in [4.69, 9.17) is 4.52 Å². The van der Waals surface area contributed by atoms with Crippen LogP contribution in [0.4, 0.5) is 0 Å². The SMILES string of the molecule is CCn1nc(C)c(CNC(=O)c2nc(Cc3c[nH]c4ccccc34)no2)c1C. The maximum absolute atomic E-state index is 12.4. The Morgan fingerprint density at radius 3 is 2.89 bits per heavy atom. The van der Waals surface area contributed by atoms with Gasteiger partial charge in [0.2, 0.25) is 0 Å². The normalized spacial score (nSPS) is 11.2. The Labute approximate surface area is 161 Å². The number of benzene rings is 1. The van der Waals surface area contributed by atoms with Gasteiger partial charge in [0.15, 0.2) is 5.82 Å². The highest BCUT2D eigenvalue weighted by atomic mass is 16.5. The number of nitrogens with one attached hydrogen (secondary N) is 2. The molecule has 4 rings (SSSR count). The Balaban J connectivity index is 1.44. The lowest BCUT2D eigenvalue weighted by atomic mass is 10.1. The second-order valence-corrected chi connectivity index (χ2v) is 6.70. The van der Waals surface area contributed by atoms with E-state index in [0.717, 1.165) is 40.0 Å². The van der Waals surface area contributed by atoms with Crippen molar-refractivity contribution in [3.63, 3.8) is 0 Å². The number of carbonyl (C=O) groups is 1. The molecule has 0 aliphatic carbocycles. The molecular weight excluding hydrogens is 356 g/mol. The van der Waals surface area contributed by atoms with Crippen LogP contribution in [0.5, 0.6) is 0 Å². The lowest BCUT2D eigenvalue weighted by molar-refractivity contribution is 0.0907. The number of aromatic amines is 1. The van der Waals surface area contributed by atoms with Crippen molar-refractivity contribution in [2.45, 2.75) is 40.3 Å². The van der Waals surface area contributed by atoms with Crippen LogP contribution in [0.15, 0.2) is 35.0 Å². The van der Waals surface area contributed by atoms with Gasteiger partial charge >= 0.3 is 11.8 Å². The van der Waals surface area contributed by atoms with Crippen molar-refractivity contribution in [3.8, 4) is 0 Å². The number of carbonyl (C=O) groups excluding carboxylic acids is 1. The molecule has 8 nitrogen and oxygen atoms in total. The van der Waals surface area contributed by atoms with Gasteiger partial charge in [-0.05, 0) is 32.4 Å². The number of aromatic nitrogens is 5. The number of nitrogens with zero attached hydrogens (tertiary/aromatic N) is 4. The molecule has 8 heteroatoms. The summed E-state index contributed by atoms with van der Waals surface area (Å²) in [7, 11) is 0. The van der Waals surface area contributed by atoms with Crippen LogP contribution in [-0.2, 0) is 19.5 Å². The molecule has 1 amide bonds. The van der Waals surface area contributed by atoms with Gasteiger partial charge in [-0.1, -0.05) is 23.4 Å². The molecule has 3 aromatic heterocycles. The van der Waals surface area contributed by atoms with Gasteiger partial charge in [0, 0.05) is 47.9 Å². The molecule has 0 unspecified atom stereocenters. The zero-order valence-corrected chi connectivity index (χ0v) is 16.1. The molecule has 0 atom stereocenters. The maximum atomic E-state index is 12.4. The second-order valence-electron chi connectivity index (χ2n) is 6.70. The summed E-state index contributed by atoms with van der Waals surface area (Å²) >= 11 is 0. The maximum Gasteiger partial charge on any atom is 0.315 e. The highest BCUT2D eigenvalue weighted by Crippen LogP contribution is 2.20. The van der Waals surface area contributed by atoms with Gasteiger partial charge in [-0.3, -0.25) is 9.48 Å². The molecule has 2 N–H and O–H groups in total. The predicted molar refractivity (Wildman–Crippen MR) is 104 cm³/mol. The molecule has 0 aliphatic heterocycles. The number of fused-ring (bicyclic) bond motifs is 1. The number of aryl methyl sites for hydroxylation is 2. The highest BCUT2D eigenvalue weighted by molar-refractivity contribution is 5.89. The van der Waals surface area contributed by atoms with Gasteiger partial charge < -0.3 is 14.8 Å². The average Bonchev–Trinajstić information content (AvgIpc) is 3.40. The number of hydrogen-bond acceptors (Lipinski definition) is 5. The van der Waals surface area contributed by atoms with Crippen LogP contribution in [0.1, 0.15) is 45.9 Å². The number of amides is 1. The molecule has 28 heavy (non-hydrogen) atoms. The summed E-state index contributed by atoms with van der Waals surface area (Å²) < 4.78 is 7.08. The molecule has 0 saturated heterocycles. The zero-order chi connectivity index (χ0) is 19.7. The summed E-state index contributed by atoms with van der Waals surface area (Å²) in [5, 5.41) is 12.4. The van der Waals surface area contributed by atoms with Crippen LogP contribution in [0.2, 0.25) is 0 Å². The molecular formula is C20H22N6O2. The van der Waals surface area contributed by atoms with E-state index in [2.05, 4.69) is 25.5 Å². The third-order valence-corrected chi connectivity index (χ3v) is 4.94. The largest absolute Gasteiger partial charge is 0.361 e. The monoisotopic (exact) mass is 378 g/mol. The predicted octanol–water partition coefficient (Wildman–Crippen LogP) is 2.90. The summed E-state index contributed by atoms with van der Waals surface area (Å²) in [6.45, 7) is 7.14. The van der Waals surface area contributed by atoms with Gasteiger partial charge in [0.1, 0.15) is 0 Å². The molecule has 0 radical (unpaired) electrons. The first-order chi connectivity index (χ1) is 13.6. The number of H-pyrrole nitrogens is 1. The minimum absolute atomic E-state index is 0.0342. The van der Waals surface area contributed by atoms with Gasteiger partial charge in [-0.2, -0.15) is 10.1 Å². The lowest BCUT2D eigenvalue weighted by Gasteiger charge is -2.03. The van der Waals surface area contributed by atoms with E-state index in [9.17, 15) is 4.79 Å². The van der Waals surface area contributed by atoms with Crippen molar-refractivity contribution >= 4 is 16.8 Å². The second kappa shape index (κ2) is 7.30. The van der Waals surface area contributed by atoms with Crippen LogP contribution >= 0.6 is 0 Å². The first-order valence-corrected chi connectivity index (χ1v) is 9.25. The third-order valence-electron chi connectivity index (χ3n) is 4.94. The summed E-state index contributed by atoms with van der Waals surface area (Å²) in [4.78, 5) is 19.9. The molecule has 4 aromatic rings. The summed E-state index contributed by atoms with van der Waals surface area (Å²) in [6, 6.07) is 8.01. The molecule has 0 saturated carbocycles. The van der Waals surface area contributed by atoms with E-state index in [1.165, 1.54) is 0 Å². The van der Waals surface area contributed by atoms with E-state index in [0.29, 0.717) is 18.8 Å². The fraction of sp³-hybridized carbons (Fsp3) is 0.300. The van der Waals surface area contributed by atoms with E-state index in [1.807, 2.05) is 55.9 Å². The Morgan fingerprint density at radius 1 is 1.29 bits per heavy atom. The first kappa shape index (κ1) is 18.0. The minimum atomic E-state index is -0.388. The quantitative estimate of drug-likeness (QED) is 0.537. The molecule has 3 heterocycles. The van der Waals surface area contributed by atoms with Gasteiger partial charge in [-0.25, -0.2) is 0 Å². The van der Waals surface area contributed by atoms with E-state index < -0.39 is 0 Å². The van der Waals surface area contributed by atoms with E-state index in [1.54, 1.807) is 0 Å². The van der Waals surface area contributed by atoms with Crippen molar-refractivity contribution in [1.29, 1.82) is 0 Å². The molecule has 0 fully saturated rings. The standard InChI is InChI=1S/C20H22N6O2/c1-4-26-13(3)16(12(2)24-26)11-22-19(27)20-23-18(25-28-20)9-14-10-21-17-8-6-5-7-15(14)17/h5-8,10,21H,4,9,11H2,1-3H3,(H,22,27). The number of rotatable bonds is 6. The Hall–Kier alpha value is -3.42. The topological polar surface area (TPSA) is 102 Å². The lowest BCUT2D eigenvalue weighted by Crippen LogP contribution is -2.23. The Morgan fingerprint density at radius 2 is 2.11 bits per heavy atom. The summed E-state index contributed by atoms with van der Waals surface area (Å²) in [5.41, 5.74) is 5.07. The number of hydrogen-bond donors (Lipinski definition) is 2. The summed E-state index contributed by atoms with van der Waals surface area (Å²) in [5.74, 6) is 0.0508. The van der Waals surface area contributed by atoms with Crippen LogP contribution in [0.25, 0.3) is 10.9 Å². The number of para-hydroxylation sites is 1. The molecule has 0 spiro atoms. The van der Waals surface area contributed by atoms with Crippen LogP contribution < -0.4 is 5.32 Å². The highest BCUT2D eigenvalue weighted by Gasteiger charge is 2.18.